The van der Waals surface area contributed by atoms with Crippen LogP contribution in [0.4, 0.5) is 8.78 Å². The number of hydrogen-bond acceptors (Lipinski definition) is 4. The summed E-state index contributed by atoms with van der Waals surface area (Å²) < 4.78 is 39.7. The van der Waals surface area contributed by atoms with E-state index in [9.17, 15) is 13.6 Å². The number of hydrogen-bond donors (Lipinski definition) is 1. The van der Waals surface area contributed by atoms with Crippen LogP contribution in [0.15, 0.2) is 42.5 Å². The van der Waals surface area contributed by atoms with E-state index in [2.05, 4.69) is 30.8 Å². The minimum Gasteiger partial charge on any atom is -0.493 e. The number of amides is 1. The predicted molar refractivity (Wildman–Crippen MR) is 107 cm³/mol. The Morgan fingerprint density at radius 3 is 2.34 bits per heavy atom. The summed E-state index contributed by atoms with van der Waals surface area (Å²) in [5.74, 6) is 0.583. The molecule has 2 aromatic rings. The molecule has 29 heavy (non-hydrogen) atoms. The van der Waals surface area contributed by atoms with E-state index < -0.39 is 6.61 Å². The van der Waals surface area contributed by atoms with Gasteiger partial charge in [0.25, 0.3) is 5.91 Å². The monoisotopic (exact) mass is 407 g/mol. The van der Waals surface area contributed by atoms with Crippen molar-refractivity contribution in [2.45, 2.75) is 39.2 Å². The Labute approximate surface area is 170 Å². The van der Waals surface area contributed by atoms with Crippen molar-refractivity contribution in [2.75, 3.05) is 20.3 Å². The number of ether oxygens (including phenoxy) is 3. The molecule has 0 spiro atoms. The van der Waals surface area contributed by atoms with Crippen molar-refractivity contribution in [3.05, 3.63) is 53.6 Å². The molecule has 0 fully saturated rings. The molecule has 0 radical (unpaired) electrons. The minimum atomic E-state index is -2.92. The van der Waals surface area contributed by atoms with Crippen molar-refractivity contribution in [2.24, 2.45) is 0 Å². The van der Waals surface area contributed by atoms with Crippen LogP contribution in [0.1, 0.15) is 31.9 Å². The lowest BCUT2D eigenvalue weighted by Crippen LogP contribution is -2.30. The lowest BCUT2D eigenvalue weighted by Gasteiger charge is -2.19. The molecule has 5 nitrogen and oxygen atoms in total. The molecule has 2 aromatic carbocycles. The van der Waals surface area contributed by atoms with Crippen LogP contribution in [0.5, 0.6) is 17.2 Å². The van der Waals surface area contributed by atoms with E-state index in [4.69, 9.17) is 9.47 Å². The third kappa shape index (κ3) is 7.25. The van der Waals surface area contributed by atoms with Crippen LogP contribution in [0.2, 0.25) is 0 Å². The average molecular weight is 407 g/mol. The zero-order valence-electron chi connectivity index (χ0n) is 17.1. The van der Waals surface area contributed by atoms with Crippen molar-refractivity contribution >= 4 is 5.91 Å². The molecule has 0 bridgehead atoms. The third-order valence-electron chi connectivity index (χ3n) is 4.27. The van der Waals surface area contributed by atoms with Gasteiger partial charge in [0.2, 0.25) is 0 Å². The minimum absolute atomic E-state index is 0.0267. The molecule has 0 aliphatic heterocycles. The zero-order chi connectivity index (χ0) is 21.4. The molecule has 1 amide bonds. The maximum atomic E-state index is 12.4. The molecule has 0 aliphatic carbocycles. The van der Waals surface area contributed by atoms with Crippen LogP contribution in [0.3, 0.4) is 0 Å². The van der Waals surface area contributed by atoms with Gasteiger partial charge in [0.15, 0.2) is 18.1 Å². The number of benzene rings is 2. The first-order chi connectivity index (χ1) is 13.7. The second-order valence-corrected chi connectivity index (χ2v) is 7.53. The molecule has 0 aromatic heterocycles. The molecule has 0 saturated carbocycles. The first kappa shape index (κ1) is 22.5. The van der Waals surface area contributed by atoms with E-state index in [1.54, 1.807) is 12.1 Å². The summed E-state index contributed by atoms with van der Waals surface area (Å²) in [6.45, 7) is 3.77. The van der Waals surface area contributed by atoms with Gasteiger partial charge in [0.05, 0.1) is 7.11 Å². The zero-order valence-corrected chi connectivity index (χ0v) is 17.1. The summed E-state index contributed by atoms with van der Waals surface area (Å²) in [5.41, 5.74) is 2.07. The molecule has 1 N–H and O–H groups in total. The van der Waals surface area contributed by atoms with Crippen molar-refractivity contribution in [1.29, 1.82) is 0 Å². The summed E-state index contributed by atoms with van der Waals surface area (Å²) in [6, 6.07) is 12.4. The average Bonchev–Trinajstić information content (AvgIpc) is 2.66. The van der Waals surface area contributed by atoms with E-state index in [0.29, 0.717) is 18.7 Å². The number of alkyl halides is 2. The topological polar surface area (TPSA) is 56.8 Å². The maximum absolute atomic E-state index is 12.4. The first-order valence-corrected chi connectivity index (χ1v) is 9.31. The fourth-order valence-electron chi connectivity index (χ4n) is 2.66. The molecule has 2 rings (SSSR count). The summed E-state index contributed by atoms with van der Waals surface area (Å²) >= 11 is 0. The van der Waals surface area contributed by atoms with Gasteiger partial charge < -0.3 is 19.5 Å². The quantitative estimate of drug-likeness (QED) is 0.672. The predicted octanol–water partition coefficient (Wildman–Crippen LogP) is 4.33. The maximum Gasteiger partial charge on any atom is 0.387 e. The van der Waals surface area contributed by atoms with E-state index in [1.807, 2.05) is 24.3 Å². The second-order valence-electron chi connectivity index (χ2n) is 7.53. The van der Waals surface area contributed by atoms with E-state index >= 15 is 0 Å². The summed E-state index contributed by atoms with van der Waals surface area (Å²) in [6.07, 6.45) is 0.511. The SMILES string of the molecule is COc1cc(CCNC(=O)COc2ccc(C(C)(C)C)cc2)ccc1OC(F)F. The van der Waals surface area contributed by atoms with Gasteiger partial charge in [-0.1, -0.05) is 39.0 Å². The molecule has 0 saturated heterocycles. The number of halogens is 2. The highest BCUT2D eigenvalue weighted by Crippen LogP contribution is 2.29. The molecular formula is C22H27F2NO4. The normalized spacial score (nSPS) is 11.3. The lowest BCUT2D eigenvalue weighted by molar-refractivity contribution is -0.123. The summed E-state index contributed by atoms with van der Waals surface area (Å²) in [4.78, 5) is 12.0. The molecule has 7 heteroatoms. The van der Waals surface area contributed by atoms with E-state index in [0.717, 1.165) is 5.56 Å². The highest BCUT2D eigenvalue weighted by molar-refractivity contribution is 5.77. The van der Waals surface area contributed by atoms with Gasteiger partial charge in [-0.3, -0.25) is 4.79 Å². The van der Waals surface area contributed by atoms with Crippen LogP contribution >= 0.6 is 0 Å². The van der Waals surface area contributed by atoms with Crippen molar-refractivity contribution in [1.82, 2.24) is 5.32 Å². The highest BCUT2D eigenvalue weighted by Gasteiger charge is 2.13. The van der Waals surface area contributed by atoms with Gasteiger partial charge in [-0.25, -0.2) is 0 Å². The highest BCUT2D eigenvalue weighted by atomic mass is 19.3. The molecule has 0 atom stereocenters. The standard InChI is InChI=1S/C22H27F2NO4/c1-22(2,3)16-6-8-17(9-7-16)28-14-20(26)25-12-11-15-5-10-18(29-21(23)24)19(13-15)27-4/h5-10,13,21H,11-12,14H2,1-4H3,(H,25,26). The van der Waals surface area contributed by atoms with Gasteiger partial charge in [0, 0.05) is 6.54 Å². The number of carbonyl (C=O) groups excluding carboxylic acids is 1. The summed E-state index contributed by atoms with van der Waals surface area (Å²) in [7, 11) is 1.38. The second kappa shape index (κ2) is 10.1. The number of rotatable bonds is 9. The van der Waals surface area contributed by atoms with Gasteiger partial charge in [-0.2, -0.15) is 8.78 Å². The van der Waals surface area contributed by atoms with Crippen LogP contribution in [0, 0.1) is 0 Å². The van der Waals surface area contributed by atoms with Crippen molar-refractivity contribution in [3.8, 4) is 17.2 Å². The van der Waals surface area contributed by atoms with Crippen molar-refractivity contribution in [3.63, 3.8) is 0 Å². The van der Waals surface area contributed by atoms with E-state index in [-0.39, 0.29) is 29.4 Å². The van der Waals surface area contributed by atoms with E-state index in [1.165, 1.54) is 18.7 Å². The lowest BCUT2D eigenvalue weighted by atomic mass is 9.87. The van der Waals surface area contributed by atoms with Crippen LogP contribution in [0.25, 0.3) is 0 Å². The molecule has 0 aliphatic rings. The largest absolute Gasteiger partial charge is 0.493 e. The third-order valence-corrected chi connectivity index (χ3v) is 4.27. The van der Waals surface area contributed by atoms with Crippen LogP contribution in [-0.4, -0.2) is 32.8 Å². The first-order valence-electron chi connectivity index (χ1n) is 9.31. The molecule has 0 heterocycles. The van der Waals surface area contributed by atoms with Crippen LogP contribution < -0.4 is 19.5 Å². The van der Waals surface area contributed by atoms with Gasteiger partial charge in [-0.15, -0.1) is 0 Å². The Kier molecular flexibility index (Phi) is 7.82. The fourth-order valence-corrected chi connectivity index (χ4v) is 2.66. The Hall–Kier alpha value is -2.83. The van der Waals surface area contributed by atoms with Crippen molar-refractivity contribution < 1.29 is 27.8 Å². The van der Waals surface area contributed by atoms with Gasteiger partial charge in [-0.05, 0) is 47.2 Å². The number of carbonyl (C=O) groups is 1. The Morgan fingerprint density at radius 2 is 1.76 bits per heavy atom. The number of methoxy groups -OCH3 is 1. The van der Waals surface area contributed by atoms with Gasteiger partial charge in [0.1, 0.15) is 5.75 Å². The van der Waals surface area contributed by atoms with Gasteiger partial charge >= 0.3 is 6.61 Å². The smallest absolute Gasteiger partial charge is 0.387 e. The molecule has 0 unspecified atom stereocenters. The Balaban J connectivity index is 1.78. The fraction of sp³-hybridized carbons (Fsp3) is 0.409. The summed E-state index contributed by atoms with van der Waals surface area (Å²) in [5, 5.41) is 2.77. The molecular weight excluding hydrogens is 380 g/mol. The Morgan fingerprint density at radius 1 is 1.07 bits per heavy atom. The number of nitrogens with one attached hydrogen (secondary N) is 1. The van der Waals surface area contributed by atoms with Crippen LogP contribution in [-0.2, 0) is 16.6 Å². The Bertz CT molecular complexity index is 801. The molecule has 158 valence electrons.